The maximum Gasteiger partial charge on any atom is 0.0853 e. The minimum atomic E-state index is 0.656. The molecule has 0 radical (unpaired) electrons. The first-order chi connectivity index (χ1) is 8.24. The van der Waals surface area contributed by atoms with Crippen molar-refractivity contribution in [1.29, 1.82) is 0 Å². The van der Waals surface area contributed by atoms with E-state index in [1.165, 1.54) is 43.5 Å². The lowest BCUT2D eigenvalue weighted by Crippen LogP contribution is -2.31. The number of nitrogens with one attached hydrogen (secondary N) is 1. The van der Waals surface area contributed by atoms with E-state index in [9.17, 15) is 0 Å². The highest BCUT2D eigenvalue weighted by Gasteiger charge is 2.24. The molecule has 0 amide bonds. The maximum absolute atomic E-state index is 4.50. The van der Waals surface area contributed by atoms with E-state index in [0.29, 0.717) is 6.04 Å². The van der Waals surface area contributed by atoms with Crippen LogP contribution in [0.15, 0.2) is 6.20 Å². The molecule has 1 aliphatic carbocycles. The van der Waals surface area contributed by atoms with Gasteiger partial charge in [0.15, 0.2) is 0 Å². The Labute approximate surface area is 105 Å². The molecular formula is C14H25N3. The van der Waals surface area contributed by atoms with Gasteiger partial charge in [0.25, 0.3) is 0 Å². The average Bonchev–Trinajstić information content (AvgIpc) is 2.70. The summed E-state index contributed by atoms with van der Waals surface area (Å²) in [7, 11) is 2.00. The van der Waals surface area contributed by atoms with E-state index in [2.05, 4.69) is 30.5 Å². The van der Waals surface area contributed by atoms with Crippen LogP contribution in [0.25, 0.3) is 0 Å². The van der Waals surface area contributed by atoms with Gasteiger partial charge < -0.3 is 5.32 Å². The summed E-state index contributed by atoms with van der Waals surface area (Å²) in [6, 6.07) is 0.656. The van der Waals surface area contributed by atoms with Gasteiger partial charge in [-0.05, 0) is 25.2 Å². The summed E-state index contributed by atoms with van der Waals surface area (Å²) in [6.45, 7) is 4.49. The lowest BCUT2D eigenvalue weighted by molar-refractivity contribution is 0.317. The number of rotatable bonds is 4. The van der Waals surface area contributed by atoms with Gasteiger partial charge >= 0.3 is 0 Å². The lowest BCUT2D eigenvalue weighted by Gasteiger charge is -2.32. The van der Waals surface area contributed by atoms with Gasteiger partial charge in [0.1, 0.15) is 0 Å². The molecule has 0 spiro atoms. The highest BCUT2D eigenvalue weighted by molar-refractivity contribution is 5.47. The number of hydrogen-bond acceptors (Lipinski definition) is 2. The molecule has 2 unspecified atom stereocenters. The molecule has 1 aromatic rings. The van der Waals surface area contributed by atoms with E-state index in [-0.39, 0.29) is 0 Å². The molecule has 1 fully saturated rings. The molecule has 0 aromatic carbocycles. The summed E-state index contributed by atoms with van der Waals surface area (Å²) in [5, 5.41) is 8.24. The molecular weight excluding hydrogens is 210 g/mol. The number of nitrogens with zero attached hydrogens (tertiary/aromatic N) is 2. The first-order valence-electron chi connectivity index (χ1n) is 7.03. The van der Waals surface area contributed by atoms with Crippen LogP contribution in [0.1, 0.15) is 51.6 Å². The molecule has 1 aromatic heterocycles. The molecule has 3 nitrogen and oxygen atoms in total. The molecule has 0 saturated heterocycles. The Morgan fingerprint density at radius 3 is 2.82 bits per heavy atom. The zero-order valence-corrected chi connectivity index (χ0v) is 11.4. The Balaban J connectivity index is 2.07. The first kappa shape index (κ1) is 12.5. The molecule has 1 aliphatic rings. The van der Waals surface area contributed by atoms with E-state index in [4.69, 9.17) is 0 Å². The standard InChI is InChI=1S/C14H25N3/c1-4-11-8-6-7-9-13(11)15-14-10-17(3)16-12(14)5-2/h10-11,13,15H,4-9H2,1-3H3. The largest absolute Gasteiger partial charge is 0.379 e. The molecule has 2 rings (SSSR count). The van der Waals surface area contributed by atoms with Crippen molar-refractivity contribution in [2.24, 2.45) is 13.0 Å². The van der Waals surface area contributed by atoms with Crippen LogP contribution in [-0.4, -0.2) is 15.8 Å². The normalized spacial score (nSPS) is 24.9. The summed E-state index contributed by atoms with van der Waals surface area (Å²) in [5.41, 5.74) is 2.45. The monoisotopic (exact) mass is 235 g/mol. The van der Waals surface area contributed by atoms with Crippen molar-refractivity contribution in [2.75, 3.05) is 5.32 Å². The quantitative estimate of drug-likeness (QED) is 0.867. The second kappa shape index (κ2) is 5.56. The van der Waals surface area contributed by atoms with Crippen molar-refractivity contribution in [3.8, 4) is 0 Å². The SMILES string of the molecule is CCc1nn(C)cc1NC1CCCCC1CC. The van der Waals surface area contributed by atoms with Crippen LogP contribution in [0.3, 0.4) is 0 Å². The Hall–Kier alpha value is -0.990. The van der Waals surface area contributed by atoms with Crippen molar-refractivity contribution >= 4 is 5.69 Å². The van der Waals surface area contributed by atoms with Crippen molar-refractivity contribution in [3.63, 3.8) is 0 Å². The van der Waals surface area contributed by atoms with Gasteiger partial charge in [-0.2, -0.15) is 5.10 Å². The molecule has 3 heteroatoms. The summed E-state index contributed by atoms with van der Waals surface area (Å²) in [4.78, 5) is 0. The number of hydrogen-bond donors (Lipinski definition) is 1. The first-order valence-corrected chi connectivity index (χ1v) is 7.03. The lowest BCUT2D eigenvalue weighted by atomic mass is 9.83. The van der Waals surface area contributed by atoms with Crippen LogP contribution in [0.4, 0.5) is 5.69 Å². The van der Waals surface area contributed by atoms with Gasteiger partial charge in [-0.3, -0.25) is 4.68 Å². The molecule has 17 heavy (non-hydrogen) atoms. The van der Waals surface area contributed by atoms with Gasteiger partial charge in [-0.15, -0.1) is 0 Å². The fraction of sp³-hybridized carbons (Fsp3) is 0.786. The third kappa shape index (κ3) is 2.82. The van der Waals surface area contributed by atoms with E-state index in [1.807, 2.05) is 11.7 Å². The predicted octanol–water partition coefficient (Wildman–Crippen LogP) is 3.36. The highest BCUT2D eigenvalue weighted by atomic mass is 15.3. The smallest absolute Gasteiger partial charge is 0.0853 e. The molecule has 1 heterocycles. The molecule has 0 aliphatic heterocycles. The minimum Gasteiger partial charge on any atom is -0.379 e. The molecule has 96 valence electrons. The topological polar surface area (TPSA) is 29.9 Å². The van der Waals surface area contributed by atoms with Crippen LogP contribution in [0, 0.1) is 5.92 Å². The maximum atomic E-state index is 4.50. The van der Waals surface area contributed by atoms with Gasteiger partial charge in [0.2, 0.25) is 0 Å². The third-order valence-corrected chi connectivity index (χ3v) is 4.01. The van der Waals surface area contributed by atoms with Crippen LogP contribution in [-0.2, 0) is 13.5 Å². The van der Waals surface area contributed by atoms with Crippen LogP contribution in [0.5, 0.6) is 0 Å². The van der Waals surface area contributed by atoms with Crippen LogP contribution in [0.2, 0.25) is 0 Å². The van der Waals surface area contributed by atoms with Crippen molar-refractivity contribution < 1.29 is 0 Å². The van der Waals surface area contributed by atoms with Gasteiger partial charge in [-0.25, -0.2) is 0 Å². The van der Waals surface area contributed by atoms with E-state index < -0.39 is 0 Å². The average molecular weight is 235 g/mol. The fourth-order valence-electron chi connectivity index (χ4n) is 3.00. The third-order valence-electron chi connectivity index (χ3n) is 4.01. The Bertz CT molecular complexity index is 356. The van der Waals surface area contributed by atoms with Gasteiger partial charge in [0, 0.05) is 19.3 Å². The van der Waals surface area contributed by atoms with Crippen LogP contribution < -0.4 is 5.32 Å². The fourth-order valence-corrected chi connectivity index (χ4v) is 3.00. The molecule has 1 N–H and O–H groups in total. The second-order valence-corrected chi connectivity index (χ2v) is 5.22. The van der Waals surface area contributed by atoms with Crippen molar-refractivity contribution in [3.05, 3.63) is 11.9 Å². The van der Waals surface area contributed by atoms with Crippen molar-refractivity contribution in [2.45, 2.75) is 58.4 Å². The second-order valence-electron chi connectivity index (χ2n) is 5.22. The highest BCUT2D eigenvalue weighted by Crippen LogP contribution is 2.30. The van der Waals surface area contributed by atoms with Crippen LogP contribution >= 0.6 is 0 Å². The summed E-state index contributed by atoms with van der Waals surface area (Å²) in [6.07, 6.45) is 9.90. The van der Waals surface area contributed by atoms with E-state index in [1.54, 1.807) is 0 Å². The summed E-state index contributed by atoms with van der Waals surface area (Å²) < 4.78 is 1.92. The number of aromatic nitrogens is 2. The zero-order valence-electron chi connectivity index (χ0n) is 11.4. The zero-order chi connectivity index (χ0) is 12.3. The van der Waals surface area contributed by atoms with E-state index in [0.717, 1.165) is 12.3 Å². The Morgan fingerprint density at radius 1 is 1.35 bits per heavy atom. The van der Waals surface area contributed by atoms with Gasteiger partial charge in [0.05, 0.1) is 11.4 Å². The predicted molar refractivity (Wildman–Crippen MR) is 72.2 cm³/mol. The number of aryl methyl sites for hydroxylation is 2. The molecule has 0 bridgehead atoms. The minimum absolute atomic E-state index is 0.656. The number of anilines is 1. The summed E-state index contributed by atoms with van der Waals surface area (Å²) >= 11 is 0. The molecule has 1 saturated carbocycles. The summed E-state index contributed by atoms with van der Waals surface area (Å²) in [5.74, 6) is 0.841. The van der Waals surface area contributed by atoms with Gasteiger partial charge in [-0.1, -0.05) is 33.1 Å². The molecule has 2 atom stereocenters. The van der Waals surface area contributed by atoms with Crippen molar-refractivity contribution in [1.82, 2.24) is 9.78 Å². The van der Waals surface area contributed by atoms with E-state index >= 15 is 0 Å². The Kier molecular flexibility index (Phi) is 4.08. The Morgan fingerprint density at radius 2 is 2.12 bits per heavy atom.